The number of carbonyl (C=O) groups is 2. The molecule has 21 heavy (non-hydrogen) atoms. The van der Waals surface area contributed by atoms with Crippen LogP contribution in [0.5, 0.6) is 0 Å². The number of amides is 2. The van der Waals surface area contributed by atoms with Crippen molar-refractivity contribution in [1.29, 1.82) is 0 Å². The molecule has 1 aromatic heterocycles. The van der Waals surface area contributed by atoms with Gasteiger partial charge in [0.1, 0.15) is 5.69 Å². The van der Waals surface area contributed by atoms with Gasteiger partial charge in [-0.1, -0.05) is 23.2 Å². The Balaban J connectivity index is 2.06. The largest absolute Gasteiger partial charge is 0.345 e. The fourth-order valence-corrected chi connectivity index (χ4v) is 2.57. The van der Waals surface area contributed by atoms with Crippen molar-refractivity contribution < 1.29 is 9.59 Å². The summed E-state index contributed by atoms with van der Waals surface area (Å²) in [5.41, 5.74) is 5.17. The summed E-state index contributed by atoms with van der Waals surface area (Å²) < 4.78 is 2.39. The monoisotopic (exact) mass is 389 g/mol. The highest BCUT2D eigenvalue weighted by molar-refractivity contribution is 9.10. The van der Waals surface area contributed by atoms with Gasteiger partial charge in [0.25, 0.3) is 11.8 Å². The van der Waals surface area contributed by atoms with Gasteiger partial charge in [0.15, 0.2) is 0 Å². The molecular weight excluding hydrogens is 381 g/mol. The molecule has 2 aromatic rings. The number of aromatic nitrogens is 1. The lowest BCUT2D eigenvalue weighted by atomic mass is 10.2. The molecule has 2 amide bonds. The van der Waals surface area contributed by atoms with Gasteiger partial charge in [0.2, 0.25) is 0 Å². The van der Waals surface area contributed by atoms with Crippen molar-refractivity contribution in [2.45, 2.75) is 0 Å². The summed E-state index contributed by atoms with van der Waals surface area (Å²) in [6.07, 6.45) is 1.73. The van der Waals surface area contributed by atoms with Gasteiger partial charge in [-0.15, -0.1) is 0 Å². The first-order valence-corrected chi connectivity index (χ1v) is 7.31. The van der Waals surface area contributed by atoms with Gasteiger partial charge >= 0.3 is 0 Å². The van der Waals surface area contributed by atoms with Crippen LogP contribution in [0, 0.1) is 0 Å². The Hall–Kier alpha value is -1.50. The lowest BCUT2D eigenvalue weighted by Crippen LogP contribution is -2.42. The van der Waals surface area contributed by atoms with Crippen molar-refractivity contribution in [3.63, 3.8) is 0 Å². The van der Waals surface area contributed by atoms with Crippen LogP contribution in [0.2, 0.25) is 10.0 Å². The zero-order valence-electron chi connectivity index (χ0n) is 10.8. The van der Waals surface area contributed by atoms with Crippen LogP contribution >= 0.6 is 39.1 Å². The molecule has 1 heterocycles. The Labute approximate surface area is 139 Å². The first-order valence-electron chi connectivity index (χ1n) is 5.76. The molecule has 2 rings (SSSR count). The van der Waals surface area contributed by atoms with Crippen LogP contribution in [0.15, 0.2) is 34.9 Å². The van der Waals surface area contributed by atoms with E-state index in [1.54, 1.807) is 29.9 Å². The quantitative estimate of drug-likeness (QED) is 0.773. The minimum absolute atomic E-state index is 0.178. The average Bonchev–Trinajstić information content (AvgIpc) is 2.77. The number of hydrogen-bond acceptors (Lipinski definition) is 2. The first kappa shape index (κ1) is 15.9. The molecule has 2 N–H and O–H groups in total. The van der Waals surface area contributed by atoms with Gasteiger partial charge in [-0.05, 0) is 40.2 Å². The molecule has 0 fully saturated rings. The van der Waals surface area contributed by atoms with Crippen LogP contribution in [0.1, 0.15) is 20.8 Å². The smallest absolute Gasteiger partial charge is 0.286 e. The highest BCUT2D eigenvalue weighted by Gasteiger charge is 2.14. The summed E-state index contributed by atoms with van der Waals surface area (Å²) >= 11 is 15.0. The predicted molar refractivity (Wildman–Crippen MR) is 84.5 cm³/mol. The van der Waals surface area contributed by atoms with E-state index in [-0.39, 0.29) is 10.6 Å². The summed E-state index contributed by atoms with van der Waals surface area (Å²) in [5.74, 6) is -1.00. The number of carbonyl (C=O) groups excluding carboxylic acids is 2. The second-order valence-electron chi connectivity index (χ2n) is 4.19. The van der Waals surface area contributed by atoms with E-state index < -0.39 is 11.8 Å². The van der Waals surface area contributed by atoms with Gasteiger partial charge in [0, 0.05) is 22.7 Å². The number of halogens is 3. The van der Waals surface area contributed by atoms with Crippen molar-refractivity contribution >= 4 is 50.9 Å². The van der Waals surface area contributed by atoms with Crippen molar-refractivity contribution in [3.05, 3.63) is 56.2 Å². The molecule has 0 saturated heterocycles. The highest BCUT2D eigenvalue weighted by Crippen LogP contribution is 2.20. The second-order valence-corrected chi connectivity index (χ2v) is 5.95. The molecule has 0 unspecified atom stereocenters. The second kappa shape index (κ2) is 6.51. The number of benzene rings is 1. The van der Waals surface area contributed by atoms with Crippen LogP contribution in [-0.2, 0) is 7.05 Å². The van der Waals surface area contributed by atoms with Crippen molar-refractivity contribution in [3.8, 4) is 0 Å². The van der Waals surface area contributed by atoms with Gasteiger partial charge in [0.05, 0.1) is 10.6 Å². The highest BCUT2D eigenvalue weighted by atomic mass is 79.9. The maximum Gasteiger partial charge on any atom is 0.286 e. The Morgan fingerprint density at radius 2 is 1.81 bits per heavy atom. The topological polar surface area (TPSA) is 63.1 Å². The zero-order chi connectivity index (χ0) is 15.6. The predicted octanol–water partition coefficient (Wildman–Crippen LogP) is 3.17. The Kier molecular flexibility index (Phi) is 4.92. The average molecular weight is 391 g/mol. The van der Waals surface area contributed by atoms with E-state index in [1.807, 2.05) is 0 Å². The van der Waals surface area contributed by atoms with Crippen LogP contribution < -0.4 is 10.9 Å². The SMILES string of the molecule is Cn1cc(Br)cc1C(=O)NNC(=O)c1cc(Cl)ccc1Cl. The van der Waals surface area contributed by atoms with Gasteiger partial charge in [-0.25, -0.2) is 0 Å². The third kappa shape index (κ3) is 3.78. The fourth-order valence-electron chi connectivity index (χ4n) is 1.67. The number of hydrogen-bond donors (Lipinski definition) is 2. The Morgan fingerprint density at radius 1 is 1.14 bits per heavy atom. The van der Waals surface area contributed by atoms with Gasteiger partial charge in [-0.2, -0.15) is 0 Å². The molecule has 0 bridgehead atoms. The van der Waals surface area contributed by atoms with Crippen molar-refractivity contribution in [2.75, 3.05) is 0 Å². The van der Waals surface area contributed by atoms with E-state index >= 15 is 0 Å². The van der Waals surface area contributed by atoms with E-state index in [4.69, 9.17) is 23.2 Å². The summed E-state index contributed by atoms with van der Waals surface area (Å²) in [5, 5.41) is 0.620. The summed E-state index contributed by atoms with van der Waals surface area (Å²) in [7, 11) is 1.72. The lowest BCUT2D eigenvalue weighted by Gasteiger charge is -2.09. The third-order valence-electron chi connectivity index (χ3n) is 2.67. The lowest BCUT2D eigenvalue weighted by molar-refractivity contribution is 0.0842. The Bertz CT molecular complexity index is 715. The van der Waals surface area contributed by atoms with Crippen LogP contribution in [-0.4, -0.2) is 16.4 Å². The van der Waals surface area contributed by atoms with Crippen molar-refractivity contribution in [1.82, 2.24) is 15.4 Å². The maximum atomic E-state index is 12.0. The molecule has 5 nitrogen and oxygen atoms in total. The summed E-state index contributed by atoms with van der Waals surface area (Å²) in [6, 6.07) is 6.13. The number of hydrazine groups is 1. The zero-order valence-corrected chi connectivity index (χ0v) is 13.9. The van der Waals surface area contributed by atoms with Crippen LogP contribution in [0.4, 0.5) is 0 Å². The van der Waals surface area contributed by atoms with Gasteiger partial charge in [-0.3, -0.25) is 20.4 Å². The molecule has 0 aliphatic heterocycles. The third-order valence-corrected chi connectivity index (χ3v) is 3.67. The molecule has 0 spiro atoms. The van der Waals surface area contributed by atoms with E-state index in [1.165, 1.54) is 12.1 Å². The number of aryl methyl sites for hydroxylation is 1. The first-order chi connectivity index (χ1) is 9.88. The molecule has 1 aromatic carbocycles. The minimum Gasteiger partial charge on any atom is -0.345 e. The van der Waals surface area contributed by atoms with E-state index in [2.05, 4.69) is 26.8 Å². The summed E-state index contributed by atoms with van der Waals surface area (Å²) in [6.45, 7) is 0. The molecule has 0 aliphatic rings. The molecule has 0 atom stereocenters. The number of nitrogens with zero attached hydrogens (tertiary/aromatic N) is 1. The van der Waals surface area contributed by atoms with E-state index in [0.717, 1.165) is 4.47 Å². The summed E-state index contributed by atoms with van der Waals surface area (Å²) in [4.78, 5) is 23.9. The Morgan fingerprint density at radius 3 is 2.43 bits per heavy atom. The van der Waals surface area contributed by atoms with Crippen LogP contribution in [0.25, 0.3) is 0 Å². The molecule has 110 valence electrons. The molecule has 8 heteroatoms. The number of nitrogens with one attached hydrogen (secondary N) is 2. The van der Waals surface area contributed by atoms with E-state index in [0.29, 0.717) is 10.7 Å². The van der Waals surface area contributed by atoms with Gasteiger partial charge < -0.3 is 4.57 Å². The molecule has 0 radical (unpaired) electrons. The number of rotatable bonds is 2. The molecule has 0 aliphatic carbocycles. The molecular formula is C13H10BrCl2N3O2. The standard InChI is InChI=1S/C13H10BrCl2N3O2/c1-19-6-7(14)4-11(19)13(21)18-17-12(20)9-5-8(15)2-3-10(9)16/h2-6H,1H3,(H,17,20)(H,18,21). The normalized spacial score (nSPS) is 10.3. The molecule has 0 saturated carbocycles. The van der Waals surface area contributed by atoms with Crippen LogP contribution in [0.3, 0.4) is 0 Å². The maximum absolute atomic E-state index is 12.0. The van der Waals surface area contributed by atoms with Crippen molar-refractivity contribution in [2.24, 2.45) is 7.05 Å². The fraction of sp³-hybridized carbons (Fsp3) is 0.0769. The van der Waals surface area contributed by atoms with E-state index in [9.17, 15) is 9.59 Å². The minimum atomic E-state index is -0.552.